The fourth-order valence-corrected chi connectivity index (χ4v) is 4.98. The van der Waals surface area contributed by atoms with Crippen LogP contribution in [0.4, 0.5) is 5.69 Å². The Labute approximate surface area is 138 Å². The van der Waals surface area contributed by atoms with Crippen LogP contribution >= 0.6 is 11.8 Å². The Morgan fingerprint density at radius 1 is 1.43 bits per heavy atom. The van der Waals surface area contributed by atoms with Gasteiger partial charge < -0.3 is 5.32 Å². The molecule has 0 radical (unpaired) electrons. The molecular weight excluding hydrogens is 338 g/mol. The quantitative estimate of drug-likeness (QED) is 0.850. The number of anilines is 1. The van der Waals surface area contributed by atoms with Gasteiger partial charge in [0.25, 0.3) is 5.91 Å². The fourth-order valence-electron chi connectivity index (χ4n) is 2.44. The summed E-state index contributed by atoms with van der Waals surface area (Å²) in [4.78, 5) is 28.5. The van der Waals surface area contributed by atoms with Crippen molar-refractivity contribution < 1.29 is 18.0 Å². The number of nitrogens with zero attached hydrogens (tertiary/aromatic N) is 2. The molecule has 7 nitrogen and oxygen atoms in total. The number of amidine groups is 1. The summed E-state index contributed by atoms with van der Waals surface area (Å²) in [5, 5.41) is 3.23. The van der Waals surface area contributed by atoms with Gasteiger partial charge in [0.15, 0.2) is 5.17 Å². The van der Waals surface area contributed by atoms with Crippen molar-refractivity contribution in [2.45, 2.75) is 6.92 Å². The van der Waals surface area contributed by atoms with Gasteiger partial charge >= 0.3 is 0 Å². The molecule has 1 atom stereocenters. The molecule has 2 heterocycles. The topological polar surface area (TPSA) is 95.9 Å². The number of rotatable bonds is 2. The van der Waals surface area contributed by atoms with Crippen molar-refractivity contribution >= 4 is 44.5 Å². The summed E-state index contributed by atoms with van der Waals surface area (Å²) >= 11 is 1.45. The van der Waals surface area contributed by atoms with Gasteiger partial charge in [-0.05, 0) is 18.2 Å². The number of benzene rings is 1. The molecule has 0 spiro atoms. The van der Waals surface area contributed by atoms with Crippen LogP contribution in [-0.4, -0.2) is 43.5 Å². The molecular formula is C14H15N3O4S2. The highest BCUT2D eigenvalue weighted by Gasteiger charge is 2.42. The third-order valence-electron chi connectivity index (χ3n) is 3.51. The van der Waals surface area contributed by atoms with E-state index < -0.39 is 21.8 Å². The molecule has 3 rings (SSSR count). The minimum atomic E-state index is -3.68. The zero-order valence-electron chi connectivity index (χ0n) is 12.4. The number of carbonyl (C=O) groups is 2. The number of aliphatic imine (C=N–C) groups is 1. The van der Waals surface area contributed by atoms with Crippen LogP contribution in [0.15, 0.2) is 29.3 Å². The average molecular weight is 353 g/mol. The summed E-state index contributed by atoms with van der Waals surface area (Å²) in [6, 6.07) is 6.03. The number of sulfonamides is 1. The molecule has 1 fully saturated rings. The van der Waals surface area contributed by atoms with Crippen molar-refractivity contribution in [2.75, 3.05) is 22.4 Å². The van der Waals surface area contributed by atoms with Crippen molar-refractivity contribution in [1.82, 2.24) is 5.32 Å². The van der Waals surface area contributed by atoms with E-state index in [1.54, 1.807) is 19.1 Å². The van der Waals surface area contributed by atoms with Crippen LogP contribution in [0.5, 0.6) is 0 Å². The van der Waals surface area contributed by atoms with Gasteiger partial charge in [0, 0.05) is 11.3 Å². The lowest BCUT2D eigenvalue weighted by Crippen LogP contribution is -2.31. The summed E-state index contributed by atoms with van der Waals surface area (Å²) in [5.41, 5.74) is 0.466. The van der Waals surface area contributed by atoms with Crippen LogP contribution in [0.25, 0.3) is 0 Å². The molecule has 1 N–H and O–H groups in total. The van der Waals surface area contributed by atoms with Gasteiger partial charge in [-0.1, -0.05) is 24.8 Å². The first-order chi connectivity index (χ1) is 10.9. The highest BCUT2D eigenvalue weighted by atomic mass is 32.2. The van der Waals surface area contributed by atoms with E-state index in [-0.39, 0.29) is 22.9 Å². The summed E-state index contributed by atoms with van der Waals surface area (Å²) in [5.74, 6) is -0.818. The smallest absolute Gasteiger partial charge is 0.257 e. The second-order valence-electron chi connectivity index (χ2n) is 5.32. The van der Waals surface area contributed by atoms with Crippen LogP contribution in [0, 0.1) is 5.92 Å². The number of hydrogen-bond acceptors (Lipinski definition) is 6. The number of nitrogens with one attached hydrogen (secondary N) is 1. The molecule has 9 heteroatoms. The number of amides is 2. The second kappa shape index (κ2) is 5.97. The Bertz CT molecular complexity index is 804. The molecule has 2 aliphatic heterocycles. The largest absolute Gasteiger partial charge is 0.301 e. The van der Waals surface area contributed by atoms with Crippen molar-refractivity contribution in [3.63, 3.8) is 0 Å². The van der Waals surface area contributed by atoms with Crippen LogP contribution < -0.4 is 9.62 Å². The minimum Gasteiger partial charge on any atom is -0.301 e. The monoisotopic (exact) mass is 353 g/mol. The maximum atomic E-state index is 12.2. The van der Waals surface area contributed by atoms with Gasteiger partial charge in [0.05, 0.1) is 23.9 Å². The predicted octanol–water partition coefficient (Wildman–Crippen LogP) is 0.832. The van der Waals surface area contributed by atoms with Gasteiger partial charge in [0.2, 0.25) is 15.9 Å². The third-order valence-corrected chi connectivity index (χ3v) is 6.27. The lowest BCUT2D eigenvalue weighted by molar-refractivity contribution is -0.119. The molecule has 1 aromatic carbocycles. The van der Waals surface area contributed by atoms with Crippen LogP contribution in [0.3, 0.4) is 0 Å². The first-order valence-electron chi connectivity index (χ1n) is 7.04. The number of carbonyl (C=O) groups excluding carboxylic acids is 2. The number of hydrogen-bond donors (Lipinski definition) is 1. The van der Waals surface area contributed by atoms with Crippen LogP contribution in [0.1, 0.15) is 17.3 Å². The predicted molar refractivity (Wildman–Crippen MR) is 89.1 cm³/mol. The van der Waals surface area contributed by atoms with E-state index in [9.17, 15) is 18.0 Å². The first kappa shape index (κ1) is 16.0. The molecule has 0 unspecified atom stereocenters. The van der Waals surface area contributed by atoms with E-state index in [4.69, 9.17) is 0 Å². The van der Waals surface area contributed by atoms with Gasteiger partial charge in [-0.3, -0.25) is 14.6 Å². The minimum absolute atomic E-state index is 0.188. The van der Waals surface area contributed by atoms with E-state index in [1.165, 1.54) is 23.9 Å². The lowest BCUT2D eigenvalue weighted by Gasteiger charge is -2.16. The Kier molecular flexibility index (Phi) is 4.15. The highest BCUT2D eigenvalue weighted by Crippen LogP contribution is 2.28. The molecule has 2 aliphatic rings. The fraction of sp³-hybridized carbons (Fsp3) is 0.357. The van der Waals surface area contributed by atoms with Gasteiger partial charge in [-0.2, -0.15) is 0 Å². The first-order valence-corrected chi connectivity index (χ1v) is 9.63. The summed E-state index contributed by atoms with van der Waals surface area (Å²) in [6.07, 6.45) is 0. The Hall–Kier alpha value is -1.87. The zero-order valence-corrected chi connectivity index (χ0v) is 14.0. The molecule has 0 aliphatic carbocycles. The molecule has 0 saturated carbocycles. The molecule has 2 amide bonds. The average Bonchev–Trinajstić information content (AvgIpc) is 3.06. The highest BCUT2D eigenvalue weighted by molar-refractivity contribution is 8.14. The van der Waals surface area contributed by atoms with Crippen molar-refractivity contribution in [3.05, 3.63) is 29.8 Å². The Morgan fingerprint density at radius 2 is 2.22 bits per heavy atom. The maximum absolute atomic E-state index is 12.2. The third kappa shape index (κ3) is 3.11. The van der Waals surface area contributed by atoms with E-state index in [1.807, 2.05) is 0 Å². The van der Waals surface area contributed by atoms with Crippen LogP contribution in [0.2, 0.25) is 0 Å². The molecule has 1 aromatic rings. The van der Waals surface area contributed by atoms with Crippen LogP contribution in [-0.2, 0) is 14.8 Å². The second-order valence-corrected chi connectivity index (χ2v) is 8.27. The van der Waals surface area contributed by atoms with Crippen molar-refractivity contribution in [3.8, 4) is 0 Å². The maximum Gasteiger partial charge on any atom is 0.257 e. The summed E-state index contributed by atoms with van der Waals surface area (Å²) in [6.45, 7) is 2.24. The van der Waals surface area contributed by atoms with Gasteiger partial charge in [-0.15, -0.1) is 0 Å². The van der Waals surface area contributed by atoms with Crippen molar-refractivity contribution in [1.29, 1.82) is 0 Å². The van der Waals surface area contributed by atoms with E-state index in [2.05, 4.69) is 10.3 Å². The van der Waals surface area contributed by atoms with E-state index >= 15 is 0 Å². The Morgan fingerprint density at radius 3 is 2.83 bits per heavy atom. The molecule has 23 heavy (non-hydrogen) atoms. The Balaban J connectivity index is 1.88. The summed E-state index contributed by atoms with van der Waals surface area (Å²) < 4.78 is 25.0. The molecule has 1 saturated heterocycles. The van der Waals surface area contributed by atoms with E-state index in [0.717, 1.165) is 10.1 Å². The molecule has 122 valence electrons. The SMILES string of the molecule is C[C@@H]1CS(=O)(=O)N(c2cccc(C(=O)NC3=NCCS3)c2)C1=O. The molecule has 0 bridgehead atoms. The number of thioether (sulfide) groups is 1. The zero-order chi connectivity index (χ0) is 16.6. The molecule has 0 aromatic heterocycles. The van der Waals surface area contributed by atoms with Gasteiger partial charge in [0.1, 0.15) is 0 Å². The van der Waals surface area contributed by atoms with Crippen molar-refractivity contribution in [2.24, 2.45) is 10.9 Å². The summed E-state index contributed by atoms with van der Waals surface area (Å²) in [7, 11) is -3.68. The standard InChI is InChI=1S/C14H15N3O4S2/c1-9-8-23(20,21)17(13(9)19)11-4-2-3-10(7-11)12(18)16-14-15-5-6-22-14/h2-4,7,9H,5-6,8H2,1H3,(H,15,16,18)/t9-/m1/s1. The van der Waals surface area contributed by atoms with Gasteiger partial charge in [-0.25, -0.2) is 12.7 Å². The lowest BCUT2D eigenvalue weighted by atomic mass is 10.1. The van der Waals surface area contributed by atoms with E-state index in [0.29, 0.717) is 11.7 Å². The normalized spacial score (nSPS) is 23.0.